The van der Waals surface area contributed by atoms with Gasteiger partial charge in [-0.3, -0.25) is 4.99 Å². The van der Waals surface area contributed by atoms with Crippen LogP contribution in [0.1, 0.15) is 5.01 Å². The maximum atomic E-state index is 11.0. The highest BCUT2D eigenvalue weighted by Gasteiger charge is 2.27. The summed E-state index contributed by atoms with van der Waals surface area (Å²) >= 11 is 2.84. The Bertz CT molecular complexity index is 700. The minimum atomic E-state index is -0.909. The van der Waals surface area contributed by atoms with Gasteiger partial charge in [0.05, 0.1) is 14.2 Å². The van der Waals surface area contributed by atoms with Crippen molar-refractivity contribution in [1.29, 1.82) is 0 Å². The van der Waals surface area contributed by atoms with E-state index in [1.54, 1.807) is 20.3 Å². The molecule has 8 heteroatoms. The van der Waals surface area contributed by atoms with Crippen LogP contribution in [0.2, 0.25) is 0 Å². The molecule has 6 nitrogen and oxygen atoms in total. The number of ether oxygens (including phenoxy) is 2. The molecule has 0 saturated heterocycles. The van der Waals surface area contributed by atoms with Crippen LogP contribution in [-0.4, -0.2) is 47.1 Å². The van der Waals surface area contributed by atoms with Gasteiger partial charge in [0.15, 0.2) is 6.04 Å². The summed E-state index contributed by atoms with van der Waals surface area (Å²) in [4.78, 5) is 19.7. The molecule has 1 N–H and O–H groups in total. The number of hydrogen-bond donors (Lipinski definition) is 1. The van der Waals surface area contributed by atoms with E-state index in [-0.39, 0.29) is 0 Å². The van der Waals surface area contributed by atoms with Crippen LogP contribution in [0.15, 0.2) is 17.1 Å². The van der Waals surface area contributed by atoms with Gasteiger partial charge in [0.1, 0.15) is 31.8 Å². The number of hydrogen-bond acceptors (Lipinski definition) is 7. The van der Waals surface area contributed by atoms with Crippen molar-refractivity contribution < 1.29 is 19.4 Å². The van der Waals surface area contributed by atoms with Gasteiger partial charge < -0.3 is 14.6 Å². The van der Waals surface area contributed by atoms with Crippen LogP contribution in [-0.2, 0) is 4.79 Å². The maximum absolute atomic E-state index is 11.0. The van der Waals surface area contributed by atoms with Crippen molar-refractivity contribution in [3.8, 4) is 11.5 Å². The highest BCUT2D eigenvalue weighted by Crippen LogP contribution is 2.38. The summed E-state index contributed by atoms with van der Waals surface area (Å²) in [6.07, 6.45) is 0. The highest BCUT2D eigenvalue weighted by atomic mass is 32.2. The topological polar surface area (TPSA) is 81.0 Å². The van der Waals surface area contributed by atoms with Gasteiger partial charge in [-0.2, -0.15) is 0 Å². The number of thioether (sulfide) groups is 1. The van der Waals surface area contributed by atoms with Crippen molar-refractivity contribution >= 4 is 44.3 Å². The Balaban J connectivity index is 2.09. The van der Waals surface area contributed by atoms with Crippen LogP contribution >= 0.6 is 23.1 Å². The van der Waals surface area contributed by atoms with E-state index in [2.05, 4.69) is 9.98 Å². The third kappa shape index (κ3) is 2.44. The minimum absolute atomic E-state index is 0.439. The Morgan fingerprint density at radius 2 is 2.05 bits per heavy atom. The van der Waals surface area contributed by atoms with E-state index < -0.39 is 12.0 Å². The highest BCUT2D eigenvalue weighted by molar-refractivity contribution is 8.15. The molecule has 0 aliphatic carbocycles. The number of carboxylic acid groups (broad SMARTS) is 1. The third-order valence-electron chi connectivity index (χ3n) is 3.03. The van der Waals surface area contributed by atoms with Crippen molar-refractivity contribution in [3.05, 3.63) is 17.1 Å². The fourth-order valence-corrected chi connectivity index (χ4v) is 4.17. The van der Waals surface area contributed by atoms with E-state index in [0.29, 0.717) is 32.8 Å². The Kier molecular flexibility index (Phi) is 3.73. The Morgan fingerprint density at radius 1 is 1.33 bits per heavy atom. The van der Waals surface area contributed by atoms with Gasteiger partial charge in [0.25, 0.3) is 0 Å². The van der Waals surface area contributed by atoms with Crippen LogP contribution in [0, 0.1) is 0 Å². The predicted octanol–water partition coefficient (Wildman–Crippen LogP) is 2.26. The number of carbonyl (C=O) groups is 1. The van der Waals surface area contributed by atoms with Gasteiger partial charge in [-0.15, -0.1) is 23.1 Å². The first-order chi connectivity index (χ1) is 10.1. The number of rotatable bonds is 4. The van der Waals surface area contributed by atoms with Crippen LogP contribution in [0.3, 0.4) is 0 Å². The normalized spacial score (nSPS) is 17.8. The molecule has 3 rings (SSSR count). The SMILES string of the molecule is COc1ccc(OC)c2sc(C3=NC(C(=O)O)CS3)nc12. The Labute approximate surface area is 128 Å². The van der Waals surface area contributed by atoms with Crippen LogP contribution in [0.25, 0.3) is 10.2 Å². The van der Waals surface area contributed by atoms with Gasteiger partial charge in [0, 0.05) is 5.75 Å². The maximum Gasteiger partial charge on any atom is 0.329 e. The fraction of sp³-hybridized carbons (Fsp3) is 0.308. The lowest BCUT2D eigenvalue weighted by Gasteiger charge is -2.03. The van der Waals surface area contributed by atoms with Crippen molar-refractivity contribution in [2.45, 2.75) is 6.04 Å². The van der Waals surface area contributed by atoms with Crippen molar-refractivity contribution in [2.24, 2.45) is 4.99 Å². The second-order valence-corrected chi connectivity index (χ2v) is 6.27. The molecule has 0 fully saturated rings. The first-order valence-electron chi connectivity index (χ1n) is 6.09. The number of aromatic nitrogens is 1. The molecule has 1 aromatic carbocycles. The Hall–Kier alpha value is -1.80. The largest absolute Gasteiger partial charge is 0.495 e. The molecule has 0 amide bonds. The van der Waals surface area contributed by atoms with E-state index in [4.69, 9.17) is 14.6 Å². The molecule has 1 atom stereocenters. The first-order valence-corrected chi connectivity index (χ1v) is 7.89. The number of aliphatic carboxylic acids is 1. The molecule has 2 aromatic rings. The smallest absolute Gasteiger partial charge is 0.329 e. The summed E-state index contributed by atoms with van der Waals surface area (Å²) in [6.45, 7) is 0. The summed E-state index contributed by atoms with van der Waals surface area (Å²) in [5, 5.41) is 10.4. The molecular formula is C13H12N2O4S2. The molecule has 1 unspecified atom stereocenters. The van der Waals surface area contributed by atoms with Crippen molar-refractivity contribution in [3.63, 3.8) is 0 Å². The molecule has 0 bridgehead atoms. The van der Waals surface area contributed by atoms with Crippen molar-refractivity contribution in [2.75, 3.05) is 20.0 Å². The molecule has 1 aromatic heterocycles. The zero-order valence-electron chi connectivity index (χ0n) is 11.3. The quantitative estimate of drug-likeness (QED) is 0.929. The second kappa shape index (κ2) is 5.53. The molecular weight excluding hydrogens is 312 g/mol. The molecule has 1 aliphatic rings. The lowest BCUT2D eigenvalue weighted by atomic mass is 10.3. The molecule has 0 spiro atoms. The molecule has 0 saturated carbocycles. The number of nitrogens with zero attached hydrogens (tertiary/aromatic N) is 2. The number of carboxylic acids is 1. The molecule has 110 valence electrons. The molecule has 2 heterocycles. The number of fused-ring (bicyclic) bond motifs is 1. The first kappa shape index (κ1) is 14.2. The summed E-state index contributed by atoms with van der Waals surface area (Å²) in [5.41, 5.74) is 0.707. The van der Waals surface area contributed by atoms with Gasteiger partial charge in [0.2, 0.25) is 0 Å². The average Bonchev–Trinajstić information content (AvgIpc) is 3.12. The van der Waals surface area contributed by atoms with Gasteiger partial charge in [-0.05, 0) is 12.1 Å². The molecule has 1 aliphatic heterocycles. The fourth-order valence-electron chi connectivity index (χ4n) is 1.99. The summed E-state index contributed by atoms with van der Waals surface area (Å²) in [7, 11) is 3.19. The van der Waals surface area contributed by atoms with E-state index >= 15 is 0 Å². The minimum Gasteiger partial charge on any atom is -0.495 e. The third-order valence-corrected chi connectivity index (χ3v) is 5.29. The number of benzene rings is 1. The standard InChI is InChI=1S/C13H12N2O4S2/c1-18-7-3-4-8(19-2)10-9(7)15-12(21-10)11-14-6(5-20-11)13(16)17/h3-4,6H,5H2,1-2H3,(H,16,17). The lowest BCUT2D eigenvalue weighted by molar-refractivity contribution is -0.137. The average molecular weight is 324 g/mol. The van der Waals surface area contributed by atoms with Crippen LogP contribution in [0.5, 0.6) is 11.5 Å². The summed E-state index contributed by atoms with van der Waals surface area (Å²) in [5.74, 6) is 0.905. The monoisotopic (exact) mass is 324 g/mol. The molecule has 0 radical (unpaired) electrons. The van der Waals surface area contributed by atoms with Gasteiger partial charge >= 0.3 is 5.97 Å². The van der Waals surface area contributed by atoms with E-state index in [9.17, 15) is 4.79 Å². The summed E-state index contributed by atoms with van der Waals surface area (Å²) < 4.78 is 11.5. The van der Waals surface area contributed by atoms with Crippen molar-refractivity contribution in [1.82, 2.24) is 4.98 Å². The zero-order chi connectivity index (χ0) is 15.0. The lowest BCUT2D eigenvalue weighted by Crippen LogP contribution is -2.17. The van der Waals surface area contributed by atoms with Gasteiger partial charge in [-0.1, -0.05) is 0 Å². The predicted molar refractivity (Wildman–Crippen MR) is 83.1 cm³/mol. The Morgan fingerprint density at radius 3 is 2.67 bits per heavy atom. The zero-order valence-corrected chi connectivity index (χ0v) is 13.0. The number of thiazole rings is 1. The van der Waals surface area contributed by atoms with E-state index in [0.717, 1.165) is 4.70 Å². The van der Waals surface area contributed by atoms with E-state index in [1.165, 1.54) is 23.1 Å². The molecule has 21 heavy (non-hydrogen) atoms. The summed E-state index contributed by atoms with van der Waals surface area (Å²) in [6, 6.07) is 2.93. The number of methoxy groups -OCH3 is 2. The van der Waals surface area contributed by atoms with Crippen LogP contribution < -0.4 is 9.47 Å². The number of aliphatic imine (C=N–C) groups is 1. The van der Waals surface area contributed by atoms with Crippen LogP contribution in [0.4, 0.5) is 0 Å². The van der Waals surface area contributed by atoms with Gasteiger partial charge in [-0.25, -0.2) is 9.78 Å². The van der Waals surface area contributed by atoms with E-state index in [1.807, 2.05) is 6.07 Å². The second-order valence-electron chi connectivity index (χ2n) is 4.27.